The van der Waals surface area contributed by atoms with Gasteiger partial charge in [-0.3, -0.25) is 9.78 Å². The number of anilines is 1. The van der Waals surface area contributed by atoms with E-state index in [4.69, 9.17) is 0 Å². The van der Waals surface area contributed by atoms with E-state index in [-0.39, 0.29) is 16.8 Å². The van der Waals surface area contributed by atoms with E-state index in [2.05, 4.69) is 10.3 Å². The van der Waals surface area contributed by atoms with Crippen LogP contribution in [0.15, 0.2) is 47.6 Å². The van der Waals surface area contributed by atoms with E-state index in [9.17, 15) is 13.2 Å². The maximum atomic E-state index is 13.2. The molecule has 7 heteroatoms. The zero-order chi connectivity index (χ0) is 17.4. The van der Waals surface area contributed by atoms with Crippen LogP contribution in [0.2, 0.25) is 0 Å². The molecule has 1 aromatic heterocycles. The lowest BCUT2D eigenvalue weighted by molar-refractivity contribution is -0.116. The molecule has 0 spiro atoms. The molecule has 25 heavy (non-hydrogen) atoms. The van der Waals surface area contributed by atoms with Gasteiger partial charge in [0.2, 0.25) is 15.9 Å². The number of sulfonamides is 1. The summed E-state index contributed by atoms with van der Waals surface area (Å²) in [6.07, 6.45) is 6.11. The minimum atomic E-state index is -3.59. The third kappa shape index (κ3) is 3.29. The number of carbonyl (C=O) groups excluding carboxylic acids is 1. The van der Waals surface area contributed by atoms with Gasteiger partial charge in [-0.1, -0.05) is 6.07 Å². The van der Waals surface area contributed by atoms with Crippen molar-refractivity contribution in [2.75, 3.05) is 5.32 Å². The van der Waals surface area contributed by atoms with Gasteiger partial charge in [-0.25, -0.2) is 8.42 Å². The molecule has 4 rings (SSSR count). The zero-order valence-corrected chi connectivity index (χ0v) is 14.5. The lowest BCUT2D eigenvalue weighted by Crippen LogP contribution is -2.33. The lowest BCUT2D eigenvalue weighted by atomic mass is 10.0. The first kappa shape index (κ1) is 16.2. The van der Waals surface area contributed by atoms with Crippen molar-refractivity contribution in [1.29, 1.82) is 0 Å². The molecule has 0 atom stereocenters. The third-order valence-electron chi connectivity index (χ3n) is 4.59. The molecular weight excluding hydrogens is 338 g/mol. The molecule has 130 valence electrons. The zero-order valence-electron chi connectivity index (χ0n) is 13.7. The monoisotopic (exact) mass is 357 g/mol. The predicted molar refractivity (Wildman–Crippen MR) is 93.4 cm³/mol. The van der Waals surface area contributed by atoms with Crippen LogP contribution in [0.3, 0.4) is 0 Å². The molecule has 2 aliphatic rings. The van der Waals surface area contributed by atoms with Crippen LogP contribution in [0.4, 0.5) is 5.69 Å². The topological polar surface area (TPSA) is 79.4 Å². The fourth-order valence-corrected chi connectivity index (χ4v) is 4.82. The second kappa shape index (κ2) is 6.24. The minimum absolute atomic E-state index is 0.0284. The van der Waals surface area contributed by atoms with Gasteiger partial charge in [0.1, 0.15) is 0 Å². The molecule has 1 fully saturated rings. The SMILES string of the molecule is O=C1CCc2cc(S(=O)(=O)N(Cc3cccnc3)C3CC3)ccc2N1. The Morgan fingerprint density at radius 2 is 2.04 bits per heavy atom. The molecule has 1 aliphatic carbocycles. The van der Waals surface area contributed by atoms with E-state index in [1.54, 1.807) is 34.9 Å². The van der Waals surface area contributed by atoms with E-state index < -0.39 is 10.0 Å². The summed E-state index contributed by atoms with van der Waals surface area (Å²) in [5, 5.41) is 2.79. The van der Waals surface area contributed by atoms with Gasteiger partial charge >= 0.3 is 0 Å². The van der Waals surface area contributed by atoms with Crippen LogP contribution in [0.25, 0.3) is 0 Å². The molecule has 1 N–H and O–H groups in total. The number of hydrogen-bond acceptors (Lipinski definition) is 4. The number of pyridine rings is 1. The van der Waals surface area contributed by atoms with Crippen molar-refractivity contribution < 1.29 is 13.2 Å². The largest absolute Gasteiger partial charge is 0.326 e. The van der Waals surface area contributed by atoms with Crippen molar-refractivity contribution in [1.82, 2.24) is 9.29 Å². The first-order chi connectivity index (χ1) is 12.0. The highest BCUT2D eigenvalue weighted by Gasteiger charge is 2.38. The Morgan fingerprint density at radius 3 is 2.76 bits per heavy atom. The summed E-state index contributed by atoms with van der Waals surface area (Å²) < 4.78 is 27.9. The van der Waals surface area contributed by atoms with Gasteiger partial charge in [-0.15, -0.1) is 0 Å². The maximum absolute atomic E-state index is 13.2. The average Bonchev–Trinajstić information content (AvgIpc) is 3.44. The van der Waals surface area contributed by atoms with E-state index in [0.717, 1.165) is 24.0 Å². The van der Waals surface area contributed by atoms with Crippen LogP contribution in [-0.2, 0) is 27.8 Å². The molecule has 1 saturated carbocycles. The standard InChI is InChI=1S/C18H19N3O3S/c22-18-8-3-14-10-16(6-7-17(14)20-18)25(23,24)21(15-4-5-15)12-13-2-1-9-19-11-13/h1-2,6-7,9-11,15H,3-5,8,12H2,(H,20,22). The Hall–Kier alpha value is -2.25. The van der Waals surface area contributed by atoms with Crippen molar-refractivity contribution in [3.63, 3.8) is 0 Å². The summed E-state index contributed by atoms with van der Waals surface area (Å²) in [4.78, 5) is 15.8. The average molecular weight is 357 g/mol. The number of nitrogens with zero attached hydrogens (tertiary/aromatic N) is 2. The van der Waals surface area contributed by atoms with E-state index in [1.807, 2.05) is 12.1 Å². The van der Waals surface area contributed by atoms with Crippen LogP contribution in [0.5, 0.6) is 0 Å². The van der Waals surface area contributed by atoms with Crippen LogP contribution in [0.1, 0.15) is 30.4 Å². The maximum Gasteiger partial charge on any atom is 0.243 e. The number of rotatable bonds is 5. The first-order valence-corrected chi connectivity index (χ1v) is 9.81. The van der Waals surface area contributed by atoms with Gasteiger partial charge in [-0.05, 0) is 54.7 Å². The summed E-state index contributed by atoms with van der Waals surface area (Å²) in [7, 11) is -3.59. The Kier molecular flexibility index (Phi) is 4.05. The van der Waals surface area contributed by atoms with E-state index in [0.29, 0.717) is 25.1 Å². The first-order valence-electron chi connectivity index (χ1n) is 8.37. The molecular formula is C18H19N3O3S. The molecule has 2 heterocycles. The predicted octanol–water partition coefficient (Wildman–Crippen LogP) is 2.32. The number of nitrogens with one attached hydrogen (secondary N) is 1. The molecule has 1 aromatic carbocycles. The Bertz CT molecular complexity index is 908. The quantitative estimate of drug-likeness (QED) is 0.891. The summed E-state index contributed by atoms with van der Waals surface area (Å²) in [6.45, 7) is 0.328. The van der Waals surface area contributed by atoms with Gasteiger partial charge in [0.25, 0.3) is 0 Å². The highest BCUT2D eigenvalue weighted by atomic mass is 32.2. The highest BCUT2D eigenvalue weighted by Crippen LogP contribution is 2.35. The third-order valence-corrected chi connectivity index (χ3v) is 6.49. The number of amides is 1. The van der Waals surface area contributed by atoms with Gasteiger partial charge < -0.3 is 5.32 Å². The summed E-state index contributed by atoms with van der Waals surface area (Å²) in [5.41, 5.74) is 2.46. The lowest BCUT2D eigenvalue weighted by Gasteiger charge is -2.23. The Morgan fingerprint density at radius 1 is 1.20 bits per heavy atom. The molecule has 0 unspecified atom stereocenters. The molecule has 6 nitrogen and oxygen atoms in total. The Balaban J connectivity index is 1.66. The van der Waals surface area contributed by atoms with Gasteiger partial charge in [0.05, 0.1) is 4.90 Å². The van der Waals surface area contributed by atoms with Crippen molar-refractivity contribution >= 4 is 21.6 Å². The summed E-state index contributed by atoms with van der Waals surface area (Å²) in [6, 6.07) is 8.73. The normalized spacial score (nSPS) is 17.2. The van der Waals surface area contributed by atoms with Gasteiger partial charge in [0.15, 0.2) is 0 Å². The second-order valence-electron chi connectivity index (χ2n) is 6.51. The van der Waals surface area contributed by atoms with Crippen molar-refractivity contribution in [3.05, 3.63) is 53.9 Å². The molecule has 0 bridgehead atoms. The van der Waals surface area contributed by atoms with E-state index in [1.165, 1.54) is 0 Å². The smallest absolute Gasteiger partial charge is 0.243 e. The molecule has 0 radical (unpaired) electrons. The van der Waals surface area contributed by atoms with Crippen molar-refractivity contribution in [2.24, 2.45) is 0 Å². The number of aryl methyl sites for hydroxylation is 1. The number of benzene rings is 1. The number of carbonyl (C=O) groups is 1. The minimum Gasteiger partial charge on any atom is -0.326 e. The highest BCUT2D eigenvalue weighted by molar-refractivity contribution is 7.89. The molecule has 1 amide bonds. The van der Waals surface area contributed by atoms with Crippen LogP contribution >= 0.6 is 0 Å². The molecule has 1 aliphatic heterocycles. The number of hydrogen-bond donors (Lipinski definition) is 1. The van der Waals surface area contributed by atoms with E-state index >= 15 is 0 Å². The molecule has 0 saturated heterocycles. The van der Waals surface area contributed by atoms with Crippen LogP contribution < -0.4 is 5.32 Å². The van der Waals surface area contributed by atoms with Crippen LogP contribution in [-0.4, -0.2) is 29.7 Å². The Labute approximate surface area is 146 Å². The van der Waals surface area contributed by atoms with Crippen molar-refractivity contribution in [2.45, 2.75) is 43.2 Å². The van der Waals surface area contributed by atoms with Crippen molar-refractivity contribution in [3.8, 4) is 0 Å². The number of aromatic nitrogens is 1. The summed E-state index contributed by atoms with van der Waals surface area (Å²) in [5.74, 6) is -0.0284. The fraction of sp³-hybridized carbons (Fsp3) is 0.333. The fourth-order valence-electron chi connectivity index (χ4n) is 3.10. The summed E-state index contributed by atoms with van der Waals surface area (Å²) >= 11 is 0. The van der Waals surface area contributed by atoms with Gasteiger partial charge in [-0.2, -0.15) is 4.31 Å². The van der Waals surface area contributed by atoms with Crippen LogP contribution in [0, 0.1) is 0 Å². The number of fused-ring (bicyclic) bond motifs is 1. The van der Waals surface area contributed by atoms with Gasteiger partial charge in [0, 0.05) is 37.1 Å². The molecule has 2 aromatic rings. The second-order valence-corrected chi connectivity index (χ2v) is 8.40.